The number of hydrogen-bond acceptors (Lipinski definition) is 5. The normalized spacial score (nSPS) is 13.5. The summed E-state index contributed by atoms with van der Waals surface area (Å²) in [5, 5.41) is 15.7. The highest BCUT2D eigenvalue weighted by molar-refractivity contribution is 5.86. The van der Waals surface area contributed by atoms with Gasteiger partial charge in [0, 0.05) is 6.42 Å². The SMILES string of the molecule is C=CCC(CC(=O)NC(CO)Cc1ccccc1)C(=O)NC(COC(=O)C(CC=C)Cc1ccccc1)Cc1ccccc1. The summed E-state index contributed by atoms with van der Waals surface area (Å²) < 4.78 is 5.78. The van der Waals surface area contributed by atoms with E-state index in [4.69, 9.17) is 4.74 Å². The van der Waals surface area contributed by atoms with Gasteiger partial charge in [-0.3, -0.25) is 14.4 Å². The predicted molar refractivity (Wildman–Crippen MR) is 174 cm³/mol. The molecule has 0 saturated heterocycles. The first-order valence-corrected chi connectivity index (χ1v) is 15.1. The third-order valence-electron chi connectivity index (χ3n) is 7.37. The van der Waals surface area contributed by atoms with E-state index in [0.717, 1.165) is 16.7 Å². The molecule has 3 aromatic carbocycles. The lowest BCUT2D eigenvalue weighted by Gasteiger charge is -2.24. The summed E-state index contributed by atoms with van der Waals surface area (Å²) in [4.78, 5) is 39.6. The van der Waals surface area contributed by atoms with Crippen molar-refractivity contribution in [3.8, 4) is 0 Å². The number of benzene rings is 3. The first-order chi connectivity index (χ1) is 21.4. The average molecular weight is 597 g/mol. The lowest BCUT2D eigenvalue weighted by atomic mass is 9.96. The Morgan fingerprint density at radius 2 is 1.16 bits per heavy atom. The molecule has 0 spiro atoms. The first-order valence-electron chi connectivity index (χ1n) is 15.1. The van der Waals surface area contributed by atoms with E-state index in [1.54, 1.807) is 12.2 Å². The van der Waals surface area contributed by atoms with Crippen molar-refractivity contribution in [2.24, 2.45) is 11.8 Å². The molecule has 4 unspecified atom stereocenters. The van der Waals surface area contributed by atoms with Crippen LogP contribution in [0.4, 0.5) is 0 Å². The third kappa shape index (κ3) is 12.0. The molecular formula is C37H44N2O5. The maximum absolute atomic E-state index is 13.5. The molecule has 0 radical (unpaired) electrons. The Balaban J connectivity index is 1.65. The number of rotatable bonds is 19. The van der Waals surface area contributed by atoms with Crippen molar-refractivity contribution in [1.29, 1.82) is 0 Å². The van der Waals surface area contributed by atoms with E-state index in [-0.39, 0.29) is 43.8 Å². The number of aliphatic hydroxyl groups is 1. The molecule has 4 atom stereocenters. The van der Waals surface area contributed by atoms with E-state index >= 15 is 0 Å². The summed E-state index contributed by atoms with van der Waals surface area (Å²) in [6.07, 6.45) is 5.46. The van der Waals surface area contributed by atoms with Gasteiger partial charge in [-0.2, -0.15) is 0 Å². The molecule has 7 nitrogen and oxygen atoms in total. The monoisotopic (exact) mass is 596 g/mol. The van der Waals surface area contributed by atoms with Crippen molar-refractivity contribution in [3.63, 3.8) is 0 Å². The molecule has 0 aliphatic carbocycles. The summed E-state index contributed by atoms with van der Waals surface area (Å²) in [5.41, 5.74) is 3.00. The summed E-state index contributed by atoms with van der Waals surface area (Å²) >= 11 is 0. The highest BCUT2D eigenvalue weighted by atomic mass is 16.5. The quantitative estimate of drug-likeness (QED) is 0.134. The molecule has 0 bridgehead atoms. The molecule has 3 aromatic rings. The number of hydrogen-bond donors (Lipinski definition) is 3. The number of aliphatic hydroxyl groups excluding tert-OH is 1. The average Bonchev–Trinajstić information content (AvgIpc) is 3.04. The van der Waals surface area contributed by atoms with Crippen LogP contribution in [0.5, 0.6) is 0 Å². The largest absolute Gasteiger partial charge is 0.463 e. The number of carbonyl (C=O) groups is 3. The van der Waals surface area contributed by atoms with Gasteiger partial charge in [0.1, 0.15) is 6.61 Å². The van der Waals surface area contributed by atoms with Crippen LogP contribution < -0.4 is 10.6 Å². The van der Waals surface area contributed by atoms with Gasteiger partial charge in [0.25, 0.3) is 0 Å². The fourth-order valence-electron chi connectivity index (χ4n) is 5.09. The maximum atomic E-state index is 13.5. The van der Waals surface area contributed by atoms with Gasteiger partial charge in [-0.05, 0) is 48.8 Å². The second-order valence-electron chi connectivity index (χ2n) is 11.0. The summed E-state index contributed by atoms with van der Waals surface area (Å²) in [6, 6.07) is 28.0. The number of esters is 1. The zero-order valence-electron chi connectivity index (χ0n) is 25.3. The van der Waals surface area contributed by atoms with Gasteiger partial charge in [0.05, 0.1) is 30.5 Å². The van der Waals surface area contributed by atoms with Gasteiger partial charge in [-0.1, -0.05) is 103 Å². The van der Waals surface area contributed by atoms with Crippen LogP contribution in [0.1, 0.15) is 36.0 Å². The second kappa shape index (κ2) is 18.9. The molecule has 0 aliphatic rings. The van der Waals surface area contributed by atoms with E-state index in [1.165, 1.54) is 0 Å². The molecule has 2 amide bonds. The molecule has 232 valence electrons. The lowest BCUT2D eigenvalue weighted by Crippen LogP contribution is -2.45. The van der Waals surface area contributed by atoms with Crippen LogP contribution in [0.25, 0.3) is 0 Å². The van der Waals surface area contributed by atoms with Crippen molar-refractivity contribution in [3.05, 3.63) is 133 Å². The van der Waals surface area contributed by atoms with Gasteiger partial charge in [-0.15, -0.1) is 13.2 Å². The van der Waals surface area contributed by atoms with Crippen molar-refractivity contribution in [2.45, 2.75) is 50.6 Å². The van der Waals surface area contributed by atoms with E-state index in [9.17, 15) is 19.5 Å². The molecule has 3 rings (SSSR count). The minimum atomic E-state index is -0.677. The number of allylic oxidation sites excluding steroid dienone is 2. The zero-order valence-corrected chi connectivity index (χ0v) is 25.3. The van der Waals surface area contributed by atoms with Crippen LogP contribution in [-0.4, -0.2) is 48.2 Å². The van der Waals surface area contributed by atoms with Gasteiger partial charge in [0.15, 0.2) is 0 Å². The maximum Gasteiger partial charge on any atom is 0.309 e. The molecule has 44 heavy (non-hydrogen) atoms. The number of ether oxygens (including phenoxy) is 1. The summed E-state index contributed by atoms with van der Waals surface area (Å²) in [5.74, 6) is -2.08. The van der Waals surface area contributed by atoms with Crippen LogP contribution in [0.2, 0.25) is 0 Å². The van der Waals surface area contributed by atoms with Crippen LogP contribution in [0.15, 0.2) is 116 Å². The van der Waals surface area contributed by atoms with Crippen LogP contribution in [-0.2, 0) is 38.4 Å². The molecule has 7 heteroatoms. The van der Waals surface area contributed by atoms with E-state index < -0.39 is 23.9 Å². The Morgan fingerprint density at radius 1 is 0.682 bits per heavy atom. The Hall–Kier alpha value is -4.49. The standard InChI is InChI=1S/C37H44N2O5/c1-3-14-31(25-35(41)38-33(26-40)23-29-18-10-6-11-19-29)36(42)39-34(24-30-20-12-7-13-21-30)27-44-37(43)32(15-4-2)22-28-16-8-5-9-17-28/h3-13,16-21,31-34,40H,1-2,14-15,22-27H2,(H,38,41)(H,39,42). The molecular weight excluding hydrogens is 552 g/mol. The van der Waals surface area contributed by atoms with Crippen molar-refractivity contribution in [2.75, 3.05) is 13.2 Å². The van der Waals surface area contributed by atoms with Gasteiger partial charge < -0.3 is 20.5 Å². The topological polar surface area (TPSA) is 105 Å². The first kappa shape index (κ1) is 34.0. The highest BCUT2D eigenvalue weighted by Gasteiger charge is 2.26. The van der Waals surface area contributed by atoms with Gasteiger partial charge in [-0.25, -0.2) is 0 Å². The third-order valence-corrected chi connectivity index (χ3v) is 7.37. The Labute approximate surface area is 261 Å². The van der Waals surface area contributed by atoms with E-state index in [0.29, 0.717) is 25.7 Å². The van der Waals surface area contributed by atoms with Crippen molar-refractivity contribution in [1.82, 2.24) is 10.6 Å². The van der Waals surface area contributed by atoms with Crippen LogP contribution >= 0.6 is 0 Å². The molecule has 0 aliphatic heterocycles. The number of amides is 2. The van der Waals surface area contributed by atoms with Crippen LogP contribution in [0, 0.1) is 11.8 Å². The highest BCUT2D eigenvalue weighted by Crippen LogP contribution is 2.17. The minimum Gasteiger partial charge on any atom is -0.463 e. The Bertz CT molecular complexity index is 1310. The van der Waals surface area contributed by atoms with E-state index in [1.807, 2.05) is 91.0 Å². The zero-order chi connectivity index (χ0) is 31.6. The fourth-order valence-corrected chi connectivity index (χ4v) is 5.09. The van der Waals surface area contributed by atoms with E-state index in [2.05, 4.69) is 23.8 Å². The molecule has 0 saturated carbocycles. The number of nitrogens with one attached hydrogen (secondary N) is 2. The predicted octanol–water partition coefficient (Wildman–Crippen LogP) is 4.99. The second-order valence-corrected chi connectivity index (χ2v) is 11.0. The van der Waals surface area contributed by atoms with Crippen molar-refractivity contribution >= 4 is 17.8 Å². The van der Waals surface area contributed by atoms with Gasteiger partial charge in [0.2, 0.25) is 11.8 Å². The summed E-state index contributed by atoms with van der Waals surface area (Å²) in [6.45, 7) is 7.33. The Kier molecular flexibility index (Phi) is 14.6. The Morgan fingerprint density at radius 3 is 1.66 bits per heavy atom. The smallest absolute Gasteiger partial charge is 0.309 e. The fraction of sp³-hybridized carbons (Fsp3) is 0.324. The molecule has 0 fully saturated rings. The number of carbonyl (C=O) groups excluding carboxylic acids is 3. The lowest BCUT2D eigenvalue weighted by molar-refractivity contribution is -0.149. The molecule has 0 heterocycles. The minimum absolute atomic E-state index is 0.0153. The summed E-state index contributed by atoms with van der Waals surface area (Å²) in [7, 11) is 0. The molecule has 0 aromatic heterocycles. The van der Waals surface area contributed by atoms with Gasteiger partial charge >= 0.3 is 5.97 Å². The van der Waals surface area contributed by atoms with Crippen molar-refractivity contribution < 1.29 is 24.2 Å². The van der Waals surface area contributed by atoms with Crippen LogP contribution in [0.3, 0.4) is 0 Å². The molecule has 3 N–H and O–H groups in total.